The van der Waals surface area contributed by atoms with Crippen LogP contribution in [0.1, 0.15) is 30.4 Å². The van der Waals surface area contributed by atoms with Crippen molar-refractivity contribution < 1.29 is 19.8 Å². The molecule has 2 aromatic rings. The van der Waals surface area contributed by atoms with Gasteiger partial charge < -0.3 is 21.3 Å². The van der Waals surface area contributed by atoms with Gasteiger partial charge in [-0.2, -0.15) is 0 Å². The first-order valence-corrected chi connectivity index (χ1v) is 10.7. The number of carbonyl (C=O) groups excluding carboxylic acids is 2. The predicted molar refractivity (Wildman–Crippen MR) is 127 cm³/mol. The molecule has 170 valence electrons. The highest BCUT2D eigenvalue weighted by Crippen LogP contribution is 2.13. The van der Waals surface area contributed by atoms with E-state index in [2.05, 4.69) is 5.32 Å². The average molecular weight is 438 g/mol. The number of carbonyl (C=O) groups is 2. The van der Waals surface area contributed by atoms with Gasteiger partial charge in [-0.15, -0.1) is 0 Å². The predicted octanol–water partition coefficient (Wildman–Crippen LogP) is 2.90. The first-order chi connectivity index (χ1) is 15.5. The van der Waals surface area contributed by atoms with Gasteiger partial charge in [-0.1, -0.05) is 24.3 Å². The molecule has 0 aliphatic rings. The summed E-state index contributed by atoms with van der Waals surface area (Å²) in [6.45, 7) is 2.59. The maximum Gasteiger partial charge on any atom is 0.253 e. The lowest BCUT2D eigenvalue weighted by Gasteiger charge is -2.18. The Balaban J connectivity index is 2.01. The zero-order valence-corrected chi connectivity index (χ0v) is 18.1. The number of amides is 2. The second kappa shape index (κ2) is 13.8. The molecule has 0 atom stereocenters. The van der Waals surface area contributed by atoms with Crippen LogP contribution in [0.4, 0.5) is 0 Å². The summed E-state index contributed by atoms with van der Waals surface area (Å²) in [6, 6.07) is 12.9. The summed E-state index contributed by atoms with van der Waals surface area (Å²) < 4.78 is 0. The number of phenolic OH excluding ortho intramolecular Hbond substituents is 2. The third-order valence-electron chi connectivity index (χ3n) is 4.70. The average Bonchev–Trinajstić information content (AvgIpc) is 2.80. The maximum atomic E-state index is 12.8. The third-order valence-corrected chi connectivity index (χ3v) is 4.70. The Kier molecular flexibility index (Phi) is 10.7. The smallest absolute Gasteiger partial charge is 0.253 e. The molecule has 0 saturated heterocycles. The normalized spacial score (nSPS) is 11.3. The van der Waals surface area contributed by atoms with E-state index >= 15 is 0 Å². The van der Waals surface area contributed by atoms with Gasteiger partial charge in [-0.05, 0) is 86.4 Å². The molecule has 5 N–H and O–H groups in total. The highest BCUT2D eigenvalue weighted by Gasteiger charge is 2.16. The number of phenols is 2. The fourth-order valence-electron chi connectivity index (χ4n) is 2.89. The molecule has 2 rings (SSSR count). The Hall–Kier alpha value is -3.42. The van der Waals surface area contributed by atoms with E-state index in [-0.39, 0.29) is 11.5 Å². The van der Waals surface area contributed by atoms with Crippen LogP contribution in [0.2, 0.25) is 0 Å². The van der Waals surface area contributed by atoms with E-state index < -0.39 is 11.8 Å². The fraction of sp³-hybridized carbons (Fsp3) is 0.280. The van der Waals surface area contributed by atoms with Crippen LogP contribution in [-0.4, -0.2) is 53.1 Å². The standard InChI is InChI=1S/C25H31N3O4/c26-16-3-18-27-17-1-2-19-28(24(31)14-8-20-4-10-22(29)11-5-20)25(32)15-9-21-6-12-23(30)13-7-21/h4-15,27,29-30H,1-3,16-19,26H2. The summed E-state index contributed by atoms with van der Waals surface area (Å²) in [6.07, 6.45) is 8.35. The van der Waals surface area contributed by atoms with Gasteiger partial charge in [-0.25, -0.2) is 0 Å². The van der Waals surface area contributed by atoms with Crippen molar-refractivity contribution in [2.24, 2.45) is 5.73 Å². The minimum atomic E-state index is -0.408. The number of hydrogen-bond donors (Lipinski definition) is 4. The number of imide groups is 1. The van der Waals surface area contributed by atoms with Crippen molar-refractivity contribution in [2.75, 3.05) is 26.2 Å². The van der Waals surface area contributed by atoms with E-state index in [1.165, 1.54) is 41.3 Å². The molecule has 0 heterocycles. The third kappa shape index (κ3) is 9.16. The molecule has 0 spiro atoms. The van der Waals surface area contributed by atoms with E-state index in [0.717, 1.165) is 37.1 Å². The van der Waals surface area contributed by atoms with E-state index in [1.807, 2.05) is 0 Å². The molecule has 0 aliphatic carbocycles. The SMILES string of the molecule is NCCCNCCCCN(C(=O)C=Cc1ccc(O)cc1)C(=O)C=Cc1ccc(O)cc1. The van der Waals surface area contributed by atoms with Crippen molar-refractivity contribution in [3.8, 4) is 11.5 Å². The van der Waals surface area contributed by atoms with Gasteiger partial charge >= 0.3 is 0 Å². The van der Waals surface area contributed by atoms with Crippen LogP contribution < -0.4 is 11.1 Å². The Bertz CT molecular complexity index is 838. The van der Waals surface area contributed by atoms with Gasteiger partial charge in [0.15, 0.2) is 0 Å². The quantitative estimate of drug-likeness (QED) is 0.300. The molecule has 0 aliphatic heterocycles. The lowest BCUT2D eigenvalue weighted by atomic mass is 10.2. The molecular formula is C25H31N3O4. The zero-order chi connectivity index (χ0) is 23.2. The number of unbranched alkanes of at least 4 members (excludes halogenated alkanes) is 1. The van der Waals surface area contributed by atoms with Gasteiger partial charge in [0, 0.05) is 18.7 Å². The van der Waals surface area contributed by atoms with Crippen LogP contribution >= 0.6 is 0 Å². The molecule has 0 radical (unpaired) electrons. The van der Waals surface area contributed by atoms with Crippen LogP contribution in [0.3, 0.4) is 0 Å². The highest BCUT2D eigenvalue weighted by molar-refractivity contribution is 6.07. The molecule has 2 amide bonds. The first kappa shape index (κ1) is 24.8. The number of benzene rings is 2. The van der Waals surface area contributed by atoms with Crippen LogP contribution in [0.25, 0.3) is 12.2 Å². The zero-order valence-electron chi connectivity index (χ0n) is 18.1. The monoisotopic (exact) mass is 437 g/mol. The van der Waals surface area contributed by atoms with Gasteiger partial charge in [0.25, 0.3) is 11.8 Å². The van der Waals surface area contributed by atoms with Gasteiger partial charge in [-0.3, -0.25) is 14.5 Å². The molecule has 7 heteroatoms. The summed E-state index contributed by atoms with van der Waals surface area (Å²) in [5, 5.41) is 22.0. The second-order valence-electron chi connectivity index (χ2n) is 7.28. The summed E-state index contributed by atoms with van der Waals surface area (Å²) in [7, 11) is 0. The Labute approximate surface area is 188 Å². The van der Waals surface area contributed by atoms with E-state index in [9.17, 15) is 19.8 Å². The summed E-state index contributed by atoms with van der Waals surface area (Å²) in [5.41, 5.74) is 6.96. The molecule has 0 aromatic heterocycles. The van der Waals surface area contributed by atoms with Crippen molar-refractivity contribution >= 4 is 24.0 Å². The van der Waals surface area contributed by atoms with Crippen LogP contribution in [0.5, 0.6) is 11.5 Å². The van der Waals surface area contributed by atoms with Gasteiger partial charge in [0.05, 0.1) is 0 Å². The van der Waals surface area contributed by atoms with Gasteiger partial charge in [0.2, 0.25) is 0 Å². The number of rotatable bonds is 12. The largest absolute Gasteiger partial charge is 0.508 e. The van der Waals surface area contributed by atoms with Crippen molar-refractivity contribution in [1.29, 1.82) is 0 Å². The van der Waals surface area contributed by atoms with Crippen molar-refractivity contribution in [3.05, 3.63) is 71.8 Å². The molecule has 0 saturated carbocycles. The second-order valence-corrected chi connectivity index (χ2v) is 7.28. The van der Waals surface area contributed by atoms with Crippen LogP contribution in [-0.2, 0) is 9.59 Å². The van der Waals surface area contributed by atoms with E-state index in [1.54, 1.807) is 36.4 Å². The number of hydrogen-bond acceptors (Lipinski definition) is 6. The molecule has 0 bridgehead atoms. The lowest BCUT2D eigenvalue weighted by molar-refractivity contribution is -0.138. The van der Waals surface area contributed by atoms with Crippen molar-refractivity contribution in [1.82, 2.24) is 10.2 Å². The summed E-state index contributed by atoms with van der Waals surface area (Å²) in [5.74, 6) is -0.529. The molecule has 0 fully saturated rings. The molecule has 32 heavy (non-hydrogen) atoms. The van der Waals surface area contributed by atoms with Crippen molar-refractivity contribution in [3.63, 3.8) is 0 Å². The maximum absolute atomic E-state index is 12.8. The van der Waals surface area contributed by atoms with Crippen LogP contribution in [0, 0.1) is 0 Å². The first-order valence-electron chi connectivity index (χ1n) is 10.7. The molecule has 2 aromatic carbocycles. The van der Waals surface area contributed by atoms with Gasteiger partial charge in [0.1, 0.15) is 11.5 Å². The summed E-state index contributed by atoms with van der Waals surface area (Å²) in [4.78, 5) is 26.7. The van der Waals surface area contributed by atoms with Crippen LogP contribution in [0.15, 0.2) is 60.7 Å². The Morgan fingerprint density at radius 2 is 1.25 bits per heavy atom. The highest BCUT2D eigenvalue weighted by atomic mass is 16.3. The minimum Gasteiger partial charge on any atom is -0.508 e. The van der Waals surface area contributed by atoms with E-state index in [4.69, 9.17) is 5.73 Å². The molecule has 0 unspecified atom stereocenters. The number of aromatic hydroxyl groups is 2. The lowest BCUT2D eigenvalue weighted by Crippen LogP contribution is -2.35. The molecule has 7 nitrogen and oxygen atoms in total. The summed E-state index contributed by atoms with van der Waals surface area (Å²) >= 11 is 0. The molecular weight excluding hydrogens is 406 g/mol. The van der Waals surface area contributed by atoms with Crippen molar-refractivity contribution in [2.45, 2.75) is 19.3 Å². The Morgan fingerprint density at radius 3 is 1.72 bits per heavy atom. The van der Waals surface area contributed by atoms with E-state index in [0.29, 0.717) is 19.5 Å². The minimum absolute atomic E-state index is 0.143. The fourth-order valence-corrected chi connectivity index (χ4v) is 2.89. The topological polar surface area (TPSA) is 116 Å². The number of nitrogens with zero attached hydrogens (tertiary/aromatic N) is 1. The Morgan fingerprint density at radius 1 is 0.781 bits per heavy atom. The number of nitrogens with one attached hydrogen (secondary N) is 1. The number of nitrogens with two attached hydrogens (primary N) is 1.